The van der Waals surface area contributed by atoms with Crippen LogP contribution in [0.15, 0.2) is 42.5 Å². The fourth-order valence-corrected chi connectivity index (χ4v) is 4.01. The van der Waals surface area contributed by atoms with Crippen LogP contribution in [0.1, 0.15) is 18.1 Å². The molecule has 0 aliphatic heterocycles. The average Bonchev–Trinajstić information content (AvgIpc) is 2.61. The largest absolute Gasteiger partial charge is 0.0851 e. The van der Waals surface area contributed by atoms with E-state index in [0.29, 0.717) is 0 Å². The first-order chi connectivity index (χ1) is 8.16. The summed E-state index contributed by atoms with van der Waals surface area (Å²) >= 11 is 4.91. The normalized spacial score (nSPS) is 21.1. The van der Waals surface area contributed by atoms with Crippen LogP contribution in [0.3, 0.4) is 0 Å². The maximum absolute atomic E-state index is 2.51. The molecule has 2 heteroatoms. The Morgan fingerprint density at radius 1 is 1.00 bits per heavy atom. The zero-order valence-corrected chi connectivity index (χ0v) is 13.8. The molecule has 17 heavy (non-hydrogen) atoms. The van der Waals surface area contributed by atoms with Crippen molar-refractivity contribution in [1.82, 2.24) is 0 Å². The molecule has 0 spiro atoms. The van der Waals surface area contributed by atoms with Gasteiger partial charge in [-0.2, -0.15) is 0 Å². The van der Waals surface area contributed by atoms with Crippen molar-refractivity contribution in [3.63, 3.8) is 0 Å². The molecule has 1 atom stereocenters. The summed E-state index contributed by atoms with van der Waals surface area (Å²) < 4.78 is 2.44. The minimum atomic E-state index is 0.174. The second kappa shape index (κ2) is 4.23. The van der Waals surface area contributed by atoms with Crippen molar-refractivity contribution >= 4 is 45.2 Å². The molecule has 0 saturated carbocycles. The van der Waals surface area contributed by atoms with Crippen molar-refractivity contribution in [2.45, 2.75) is 12.3 Å². The van der Waals surface area contributed by atoms with Gasteiger partial charge in [-0.15, -0.1) is 0 Å². The third kappa shape index (κ3) is 1.67. The fraction of sp³-hybridized carbons (Fsp3) is 0.200. The SMILES string of the molecule is CC1(CI)c2ccccc2-c2ccc(I)cc21. The number of hydrogen-bond acceptors (Lipinski definition) is 0. The molecule has 0 saturated heterocycles. The fourth-order valence-electron chi connectivity index (χ4n) is 2.70. The van der Waals surface area contributed by atoms with Crippen LogP contribution >= 0.6 is 45.2 Å². The minimum Gasteiger partial charge on any atom is -0.0851 e. The van der Waals surface area contributed by atoms with E-state index in [1.54, 1.807) is 0 Å². The van der Waals surface area contributed by atoms with Gasteiger partial charge in [-0.1, -0.05) is 59.8 Å². The molecule has 86 valence electrons. The summed E-state index contributed by atoms with van der Waals surface area (Å²) in [7, 11) is 0. The van der Waals surface area contributed by atoms with Gasteiger partial charge in [-0.3, -0.25) is 0 Å². The van der Waals surface area contributed by atoms with E-state index in [4.69, 9.17) is 0 Å². The van der Waals surface area contributed by atoms with Gasteiger partial charge >= 0.3 is 0 Å². The second-order valence-corrected chi connectivity index (χ2v) is 6.71. The average molecular weight is 446 g/mol. The van der Waals surface area contributed by atoms with Gasteiger partial charge in [0.15, 0.2) is 0 Å². The van der Waals surface area contributed by atoms with Crippen LogP contribution in [0.2, 0.25) is 0 Å². The number of alkyl halides is 1. The number of benzene rings is 2. The van der Waals surface area contributed by atoms with Crippen LogP contribution in [0, 0.1) is 3.57 Å². The molecule has 0 bridgehead atoms. The number of fused-ring (bicyclic) bond motifs is 3. The summed E-state index contributed by atoms with van der Waals surface area (Å²) in [6.45, 7) is 2.36. The Morgan fingerprint density at radius 3 is 2.47 bits per heavy atom. The number of rotatable bonds is 1. The molecule has 1 aliphatic carbocycles. The predicted octanol–water partition coefficient (Wildman–Crippen LogP) is 5.01. The van der Waals surface area contributed by atoms with E-state index in [1.807, 2.05) is 0 Å². The Morgan fingerprint density at radius 2 is 1.71 bits per heavy atom. The molecule has 3 rings (SSSR count). The van der Waals surface area contributed by atoms with Gasteiger partial charge in [0.05, 0.1) is 0 Å². The van der Waals surface area contributed by atoms with Crippen molar-refractivity contribution in [3.05, 3.63) is 57.2 Å². The molecule has 2 aromatic carbocycles. The Kier molecular flexibility index (Phi) is 2.97. The lowest BCUT2D eigenvalue weighted by Crippen LogP contribution is -2.22. The molecule has 1 aliphatic rings. The van der Waals surface area contributed by atoms with Gasteiger partial charge < -0.3 is 0 Å². The summed E-state index contributed by atoms with van der Waals surface area (Å²) in [6, 6.07) is 15.6. The second-order valence-electron chi connectivity index (χ2n) is 4.70. The Labute approximate surface area is 129 Å². The first kappa shape index (κ1) is 12.0. The highest BCUT2D eigenvalue weighted by atomic mass is 127. The molecule has 0 heterocycles. The van der Waals surface area contributed by atoms with Crippen molar-refractivity contribution < 1.29 is 0 Å². The van der Waals surface area contributed by atoms with Gasteiger partial charge in [0.2, 0.25) is 0 Å². The summed E-state index contributed by atoms with van der Waals surface area (Å²) in [5, 5.41) is 0. The van der Waals surface area contributed by atoms with E-state index < -0.39 is 0 Å². The van der Waals surface area contributed by atoms with E-state index in [9.17, 15) is 0 Å². The van der Waals surface area contributed by atoms with Crippen LogP contribution in [-0.4, -0.2) is 4.43 Å². The lowest BCUT2D eigenvalue weighted by atomic mass is 9.82. The monoisotopic (exact) mass is 446 g/mol. The van der Waals surface area contributed by atoms with E-state index in [0.717, 1.165) is 4.43 Å². The van der Waals surface area contributed by atoms with E-state index >= 15 is 0 Å². The molecular formula is C15H12I2. The van der Waals surface area contributed by atoms with Gasteiger partial charge in [0.25, 0.3) is 0 Å². The molecule has 2 aromatic rings. The van der Waals surface area contributed by atoms with E-state index in [1.165, 1.54) is 25.8 Å². The van der Waals surface area contributed by atoms with E-state index in [2.05, 4.69) is 94.6 Å². The zero-order chi connectivity index (χ0) is 12.0. The third-order valence-electron chi connectivity index (χ3n) is 3.66. The Hall–Kier alpha value is -0.100. The summed E-state index contributed by atoms with van der Waals surface area (Å²) in [5.74, 6) is 0. The van der Waals surface area contributed by atoms with E-state index in [-0.39, 0.29) is 5.41 Å². The van der Waals surface area contributed by atoms with Crippen molar-refractivity contribution in [1.29, 1.82) is 0 Å². The highest BCUT2D eigenvalue weighted by Crippen LogP contribution is 2.49. The highest BCUT2D eigenvalue weighted by molar-refractivity contribution is 14.1. The summed E-state index contributed by atoms with van der Waals surface area (Å²) in [4.78, 5) is 0. The van der Waals surface area contributed by atoms with Crippen molar-refractivity contribution in [3.8, 4) is 11.1 Å². The highest BCUT2D eigenvalue weighted by Gasteiger charge is 2.38. The van der Waals surface area contributed by atoms with Crippen molar-refractivity contribution in [2.24, 2.45) is 0 Å². The molecule has 0 aromatic heterocycles. The molecule has 0 amide bonds. The van der Waals surface area contributed by atoms with Crippen LogP contribution < -0.4 is 0 Å². The maximum Gasteiger partial charge on any atom is 0.0276 e. The number of hydrogen-bond donors (Lipinski definition) is 0. The molecule has 0 radical (unpaired) electrons. The molecule has 0 nitrogen and oxygen atoms in total. The van der Waals surface area contributed by atoms with Gasteiger partial charge in [-0.25, -0.2) is 0 Å². The first-order valence-corrected chi connectivity index (χ1v) is 8.23. The third-order valence-corrected chi connectivity index (χ3v) is 5.85. The quantitative estimate of drug-likeness (QED) is 0.427. The summed E-state index contributed by atoms with van der Waals surface area (Å²) in [6.07, 6.45) is 0. The lowest BCUT2D eigenvalue weighted by Gasteiger charge is -2.24. The van der Waals surface area contributed by atoms with Crippen LogP contribution in [0.5, 0.6) is 0 Å². The predicted molar refractivity (Wildman–Crippen MR) is 89.9 cm³/mol. The minimum absolute atomic E-state index is 0.174. The van der Waals surface area contributed by atoms with Gasteiger partial charge in [0, 0.05) is 13.4 Å². The van der Waals surface area contributed by atoms with Crippen LogP contribution in [0.4, 0.5) is 0 Å². The summed E-state index contributed by atoms with van der Waals surface area (Å²) in [5.41, 5.74) is 5.97. The molecule has 1 unspecified atom stereocenters. The molecule has 0 fully saturated rings. The van der Waals surface area contributed by atoms with Gasteiger partial charge in [-0.05, 0) is 57.0 Å². The Balaban J connectivity index is 2.38. The van der Waals surface area contributed by atoms with Gasteiger partial charge in [0.1, 0.15) is 0 Å². The molecular weight excluding hydrogens is 434 g/mol. The lowest BCUT2D eigenvalue weighted by molar-refractivity contribution is 0.684. The van der Waals surface area contributed by atoms with Crippen LogP contribution in [-0.2, 0) is 5.41 Å². The number of halogens is 2. The standard InChI is InChI=1S/C15H12I2/c1-15(9-16)13-5-3-2-4-11(13)12-7-6-10(17)8-14(12)15/h2-8H,9H2,1H3. The maximum atomic E-state index is 2.51. The Bertz CT molecular complexity index is 589. The topological polar surface area (TPSA) is 0 Å². The van der Waals surface area contributed by atoms with Crippen molar-refractivity contribution in [2.75, 3.05) is 4.43 Å². The smallest absolute Gasteiger partial charge is 0.0276 e. The molecule has 0 N–H and O–H groups in total. The first-order valence-electron chi connectivity index (χ1n) is 5.63. The zero-order valence-electron chi connectivity index (χ0n) is 9.50. The van der Waals surface area contributed by atoms with Crippen LogP contribution in [0.25, 0.3) is 11.1 Å².